The van der Waals surface area contributed by atoms with Gasteiger partial charge in [0.1, 0.15) is 17.6 Å². The molecule has 0 saturated carbocycles. The van der Waals surface area contributed by atoms with Crippen molar-refractivity contribution in [2.45, 2.75) is 32.7 Å². The number of amides is 2. The third-order valence-corrected chi connectivity index (χ3v) is 5.48. The summed E-state index contributed by atoms with van der Waals surface area (Å²) in [6, 6.07) is 0. The number of carbonyl (C=O) groups excluding carboxylic acids is 2. The molecule has 0 aromatic carbocycles. The third kappa shape index (κ3) is 3.85. The molecule has 3 N–H and O–H groups in total. The van der Waals surface area contributed by atoms with Crippen molar-refractivity contribution in [3.63, 3.8) is 0 Å². The lowest BCUT2D eigenvalue weighted by Gasteiger charge is -2.30. The number of rotatable bonds is 6. The fraction of sp³-hybridized carbons (Fsp3) is 0.562. The monoisotopic (exact) mass is 378 g/mol. The summed E-state index contributed by atoms with van der Waals surface area (Å²) in [6.07, 6.45) is 3.73. The van der Waals surface area contributed by atoms with E-state index in [0.29, 0.717) is 35.1 Å². The van der Waals surface area contributed by atoms with E-state index in [-0.39, 0.29) is 23.9 Å². The molecular formula is C16H22N6O3S. The van der Waals surface area contributed by atoms with Crippen molar-refractivity contribution < 1.29 is 9.59 Å². The molecule has 10 heteroatoms. The molecule has 2 amide bonds. The summed E-state index contributed by atoms with van der Waals surface area (Å²) in [6.45, 7) is 3.95. The molecular weight excluding hydrogens is 356 g/mol. The normalized spacial score (nSPS) is 15.3. The summed E-state index contributed by atoms with van der Waals surface area (Å²) in [7, 11) is 0. The molecule has 0 aliphatic carbocycles. The second-order valence-corrected chi connectivity index (χ2v) is 7.32. The number of hydrogen-bond acceptors (Lipinski definition) is 7. The lowest BCUT2D eigenvalue weighted by molar-refractivity contribution is -0.125. The topological polar surface area (TPSA) is 123 Å². The average molecular weight is 378 g/mol. The van der Waals surface area contributed by atoms with Crippen LogP contribution in [0.2, 0.25) is 0 Å². The maximum atomic E-state index is 12.4. The van der Waals surface area contributed by atoms with Crippen LogP contribution in [0.5, 0.6) is 0 Å². The fourth-order valence-electron chi connectivity index (χ4n) is 2.98. The predicted molar refractivity (Wildman–Crippen MR) is 99.1 cm³/mol. The van der Waals surface area contributed by atoms with Crippen LogP contribution in [-0.4, -0.2) is 46.0 Å². The Morgan fingerprint density at radius 1 is 1.38 bits per heavy atom. The van der Waals surface area contributed by atoms with Crippen LogP contribution in [0.25, 0.3) is 10.3 Å². The van der Waals surface area contributed by atoms with E-state index in [1.807, 2.05) is 6.92 Å². The van der Waals surface area contributed by atoms with Gasteiger partial charge in [-0.15, -0.1) is 0 Å². The zero-order valence-electron chi connectivity index (χ0n) is 14.6. The maximum absolute atomic E-state index is 12.4. The van der Waals surface area contributed by atoms with E-state index in [1.54, 1.807) is 0 Å². The molecule has 1 saturated heterocycles. The van der Waals surface area contributed by atoms with Gasteiger partial charge in [0.25, 0.3) is 5.56 Å². The first-order valence-corrected chi connectivity index (χ1v) is 9.48. The van der Waals surface area contributed by atoms with Gasteiger partial charge in [-0.3, -0.25) is 19.0 Å². The van der Waals surface area contributed by atoms with E-state index in [2.05, 4.69) is 20.2 Å². The van der Waals surface area contributed by atoms with Crippen LogP contribution in [0.1, 0.15) is 26.2 Å². The van der Waals surface area contributed by atoms with E-state index < -0.39 is 5.91 Å². The van der Waals surface area contributed by atoms with Gasteiger partial charge in [0.05, 0.1) is 0 Å². The van der Waals surface area contributed by atoms with Crippen LogP contribution in [-0.2, 0) is 16.1 Å². The second kappa shape index (κ2) is 7.81. The number of fused-ring (bicyclic) bond motifs is 1. The Kier molecular flexibility index (Phi) is 5.50. The highest BCUT2D eigenvalue weighted by molar-refractivity contribution is 7.22. The highest BCUT2D eigenvalue weighted by Crippen LogP contribution is 2.29. The van der Waals surface area contributed by atoms with Gasteiger partial charge >= 0.3 is 0 Å². The number of thiazole rings is 1. The van der Waals surface area contributed by atoms with Gasteiger partial charge in [-0.1, -0.05) is 18.3 Å². The predicted octanol–water partition coefficient (Wildman–Crippen LogP) is 0.0809. The first-order valence-electron chi connectivity index (χ1n) is 8.66. The molecule has 0 radical (unpaired) electrons. The van der Waals surface area contributed by atoms with Gasteiger partial charge in [-0.25, -0.2) is 4.98 Å². The van der Waals surface area contributed by atoms with Crippen molar-refractivity contribution in [2.75, 3.05) is 24.5 Å². The fourth-order valence-corrected chi connectivity index (χ4v) is 4.00. The number of piperidine rings is 1. The number of hydrogen-bond donors (Lipinski definition) is 2. The standard InChI is InChI=1S/C16H22N6O3S/c1-2-5-18-14(24)10-3-6-21(7-4-10)16-20-13-12(26-16)15(25)22(9-19-13)8-11(17)23/h9-10H,2-8H2,1H3,(H2,17,23)(H,18,24). The van der Waals surface area contributed by atoms with Crippen LogP contribution >= 0.6 is 11.3 Å². The molecule has 9 nitrogen and oxygen atoms in total. The first kappa shape index (κ1) is 18.3. The third-order valence-electron chi connectivity index (χ3n) is 4.38. The minimum absolute atomic E-state index is 0.0260. The van der Waals surface area contributed by atoms with Crippen molar-refractivity contribution in [3.05, 3.63) is 16.7 Å². The van der Waals surface area contributed by atoms with Crippen molar-refractivity contribution in [1.82, 2.24) is 19.9 Å². The van der Waals surface area contributed by atoms with Crippen molar-refractivity contribution in [3.8, 4) is 0 Å². The van der Waals surface area contributed by atoms with Gasteiger partial charge in [-0.2, -0.15) is 4.98 Å². The van der Waals surface area contributed by atoms with Gasteiger partial charge in [0, 0.05) is 25.6 Å². The summed E-state index contributed by atoms with van der Waals surface area (Å²) in [5.41, 5.74) is 5.21. The summed E-state index contributed by atoms with van der Waals surface area (Å²) in [5.74, 6) is -0.452. The summed E-state index contributed by atoms with van der Waals surface area (Å²) in [5, 5.41) is 3.66. The number of primary amides is 1. The molecule has 2 aromatic heterocycles. The molecule has 2 aromatic rings. The summed E-state index contributed by atoms with van der Waals surface area (Å²) >= 11 is 1.26. The van der Waals surface area contributed by atoms with Crippen LogP contribution in [0.3, 0.4) is 0 Å². The highest BCUT2D eigenvalue weighted by atomic mass is 32.1. The van der Waals surface area contributed by atoms with E-state index in [4.69, 9.17) is 5.73 Å². The maximum Gasteiger partial charge on any atom is 0.273 e. The number of aromatic nitrogens is 3. The number of nitrogens with two attached hydrogens (primary N) is 1. The highest BCUT2D eigenvalue weighted by Gasteiger charge is 2.26. The van der Waals surface area contributed by atoms with Gasteiger partial charge < -0.3 is 16.0 Å². The van der Waals surface area contributed by atoms with Gasteiger partial charge in [-0.05, 0) is 19.3 Å². The Balaban J connectivity index is 1.72. The van der Waals surface area contributed by atoms with Crippen LogP contribution in [0.15, 0.2) is 11.1 Å². The Morgan fingerprint density at radius 2 is 2.12 bits per heavy atom. The molecule has 3 heterocycles. The zero-order valence-corrected chi connectivity index (χ0v) is 15.4. The molecule has 1 aliphatic rings. The smallest absolute Gasteiger partial charge is 0.273 e. The first-order chi connectivity index (χ1) is 12.5. The van der Waals surface area contributed by atoms with Crippen molar-refractivity contribution in [1.29, 1.82) is 0 Å². The molecule has 1 aliphatic heterocycles. The Bertz CT molecular complexity index is 868. The summed E-state index contributed by atoms with van der Waals surface area (Å²) < 4.78 is 1.60. The second-order valence-electron chi connectivity index (χ2n) is 6.35. The molecule has 1 fully saturated rings. The van der Waals surface area contributed by atoms with Crippen LogP contribution < -0.4 is 21.5 Å². The minimum Gasteiger partial charge on any atom is -0.368 e. The molecule has 26 heavy (non-hydrogen) atoms. The summed E-state index contributed by atoms with van der Waals surface area (Å²) in [4.78, 5) is 46.2. The quantitative estimate of drug-likeness (QED) is 0.734. The lowest BCUT2D eigenvalue weighted by atomic mass is 9.96. The number of nitrogens with zero attached hydrogens (tertiary/aromatic N) is 4. The van der Waals surface area contributed by atoms with E-state index in [1.165, 1.54) is 22.2 Å². The Labute approximate surface area is 154 Å². The van der Waals surface area contributed by atoms with Gasteiger partial charge in [0.15, 0.2) is 10.8 Å². The molecule has 0 unspecified atom stereocenters. The van der Waals surface area contributed by atoms with Crippen LogP contribution in [0.4, 0.5) is 5.13 Å². The van der Waals surface area contributed by atoms with E-state index >= 15 is 0 Å². The SMILES string of the molecule is CCCNC(=O)C1CCN(c2nc3ncn(CC(N)=O)c(=O)c3s2)CC1. The molecule has 0 bridgehead atoms. The number of carbonyl (C=O) groups is 2. The van der Waals surface area contributed by atoms with E-state index in [9.17, 15) is 14.4 Å². The Hall–Kier alpha value is -2.49. The number of nitrogens with one attached hydrogen (secondary N) is 1. The largest absolute Gasteiger partial charge is 0.368 e. The molecule has 0 spiro atoms. The molecule has 140 valence electrons. The van der Waals surface area contributed by atoms with E-state index in [0.717, 1.165) is 19.3 Å². The number of anilines is 1. The van der Waals surface area contributed by atoms with Gasteiger partial charge in [0.2, 0.25) is 11.8 Å². The molecule has 0 atom stereocenters. The average Bonchev–Trinajstić information content (AvgIpc) is 3.07. The van der Waals surface area contributed by atoms with Crippen molar-refractivity contribution in [2.24, 2.45) is 11.7 Å². The lowest BCUT2D eigenvalue weighted by Crippen LogP contribution is -2.40. The zero-order chi connectivity index (χ0) is 18.7. The molecule has 3 rings (SSSR count). The Morgan fingerprint density at radius 3 is 2.77 bits per heavy atom. The minimum atomic E-state index is -0.596. The van der Waals surface area contributed by atoms with Crippen molar-refractivity contribution >= 4 is 38.6 Å². The van der Waals surface area contributed by atoms with Crippen LogP contribution in [0, 0.1) is 5.92 Å².